The number of fused-ring (bicyclic) bond motifs is 3. The van der Waals surface area contributed by atoms with E-state index in [1.165, 1.54) is 0 Å². The van der Waals surface area contributed by atoms with Gasteiger partial charge < -0.3 is 24.9 Å². The average molecular weight is 487 g/mol. The number of nitrogens with zero attached hydrogens (tertiary/aromatic N) is 3. The average Bonchev–Trinajstić information content (AvgIpc) is 3.23. The Balaban J connectivity index is 1.83. The summed E-state index contributed by atoms with van der Waals surface area (Å²) in [5, 5.41) is 13.8. The van der Waals surface area contributed by atoms with Crippen LogP contribution < -0.4 is 5.73 Å². The molecule has 36 heavy (non-hydrogen) atoms. The number of benzene rings is 2. The van der Waals surface area contributed by atoms with Crippen molar-refractivity contribution in [3.63, 3.8) is 0 Å². The Hall–Kier alpha value is -3.88. The number of piperazine rings is 1. The molecule has 2 aromatic carbocycles. The molecule has 1 aliphatic rings. The Morgan fingerprint density at radius 3 is 2.50 bits per heavy atom. The lowest BCUT2D eigenvalue weighted by atomic mass is 9.89. The van der Waals surface area contributed by atoms with Gasteiger partial charge in [0.05, 0.1) is 6.04 Å². The van der Waals surface area contributed by atoms with Gasteiger partial charge in [-0.2, -0.15) is 0 Å². The molecule has 0 saturated carbocycles. The highest BCUT2D eigenvalue weighted by atomic mass is 16.5. The maximum atomic E-state index is 13.3. The second kappa shape index (κ2) is 9.64. The molecule has 1 unspecified atom stereocenters. The van der Waals surface area contributed by atoms with E-state index in [9.17, 15) is 9.90 Å². The summed E-state index contributed by atoms with van der Waals surface area (Å²) in [5.74, 6) is -0.0287. The number of pyridine rings is 1. The van der Waals surface area contributed by atoms with Gasteiger partial charge in [-0.25, -0.2) is 4.79 Å². The van der Waals surface area contributed by atoms with Gasteiger partial charge in [-0.05, 0) is 31.7 Å². The minimum absolute atomic E-state index is 0.105. The molecule has 8 nitrogen and oxygen atoms in total. The van der Waals surface area contributed by atoms with Gasteiger partial charge in [-0.3, -0.25) is 9.88 Å². The van der Waals surface area contributed by atoms with Crippen molar-refractivity contribution in [2.75, 3.05) is 39.8 Å². The number of nitrogens with two attached hydrogens (primary N) is 1. The molecule has 0 amide bonds. The van der Waals surface area contributed by atoms with Crippen LogP contribution in [0.4, 0.5) is 0 Å². The summed E-state index contributed by atoms with van der Waals surface area (Å²) in [5.41, 5.74) is 8.32. The third-order valence-corrected chi connectivity index (χ3v) is 6.83. The molecule has 0 radical (unpaired) electrons. The van der Waals surface area contributed by atoms with Crippen molar-refractivity contribution in [2.45, 2.75) is 13.0 Å². The van der Waals surface area contributed by atoms with E-state index in [0.29, 0.717) is 27.7 Å². The number of likely N-dealkylation sites (N-methyl/N-ethyl adjacent to an activating group) is 1. The summed E-state index contributed by atoms with van der Waals surface area (Å²) in [6.45, 7) is 8.61. The van der Waals surface area contributed by atoms with Crippen molar-refractivity contribution < 1.29 is 19.1 Å². The molecule has 1 saturated heterocycles. The first kappa shape index (κ1) is 23.8. The molecule has 4 aromatic rings. The van der Waals surface area contributed by atoms with Crippen molar-refractivity contribution in [3.05, 3.63) is 83.5 Å². The summed E-state index contributed by atoms with van der Waals surface area (Å²) in [6.07, 6.45) is 3.49. The van der Waals surface area contributed by atoms with Crippen molar-refractivity contribution >= 4 is 27.7 Å². The number of aromatic hydroxyl groups is 1. The van der Waals surface area contributed by atoms with Gasteiger partial charge in [0.2, 0.25) is 0 Å². The maximum absolute atomic E-state index is 13.3. The zero-order valence-corrected chi connectivity index (χ0v) is 20.5. The van der Waals surface area contributed by atoms with Crippen LogP contribution in [0, 0.1) is 6.92 Å². The molecule has 0 spiro atoms. The summed E-state index contributed by atoms with van der Waals surface area (Å²) in [7, 11) is 2.10. The number of phenolic OH excluding ortho intramolecular Hbond substituents is 1. The van der Waals surface area contributed by atoms with E-state index >= 15 is 0 Å². The van der Waals surface area contributed by atoms with E-state index in [1.807, 2.05) is 36.4 Å². The van der Waals surface area contributed by atoms with Gasteiger partial charge >= 0.3 is 5.97 Å². The molecule has 1 fully saturated rings. The number of hydrogen-bond donors (Lipinski definition) is 2. The highest BCUT2D eigenvalue weighted by Gasteiger charge is 2.34. The van der Waals surface area contributed by atoms with E-state index in [2.05, 4.69) is 28.4 Å². The lowest BCUT2D eigenvalue weighted by Gasteiger charge is -2.39. The number of aromatic nitrogens is 1. The molecule has 8 heteroatoms. The quantitative estimate of drug-likeness (QED) is 0.395. The maximum Gasteiger partial charge on any atom is 0.342 e. The van der Waals surface area contributed by atoms with Gasteiger partial charge in [0.15, 0.2) is 0 Å². The zero-order chi connectivity index (χ0) is 25.4. The Kier molecular flexibility index (Phi) is 6.38. The molecule has 3 N–H and O–H groups in total. The van der Waals surface area contributed by atoms with Gasteiger partial charge in [0.1, 0.15) is 29.3 Å². The van der Waals surface area contributed by atoms with Crippen LogP contribution in [0.15, 0.2) is 65.5 Å². The number of esters is 1. The van der Waals surface area contributed by atoms with Crippen LogP contribution in [0.25, 0.3) is 21.7 Å². The van der Waals surface area contributed by atoms with E-state index in [4.69, 9.17) is 14.9 Å². The van der Waals surface area contributed by atoms with Crippen LogP contribution in [0.3, 0.4) is 0 Å². The van der Waals surface area contributed by atoms with E-state index in [1.54, 1.807) is 19.3 Å². The predicted molar refractivity (Wildman–Crippen MR) is 139 cm³/mol. The van der Waals surface area contributed by atoms with Gasteiger partial charge in [-0.15, -0.1) is 0 Å². The normalized spacial score (nSPS) is 15.8. The highest BCUT2D eigenvalue weighted by molar-refractivity contribution is 6.16. The van der Waals surface area contributed by atoms with E-state index < -0.39 is 5.97 Å². The molecule has 0 aliphatic carbocycles. The van der Waals surface area contributed by atoms with Crippen LogP contribution in [0.2, 0.25) is 0 Å². The molecular formula is C28H30N4O4. The molecule has 3 heterocycles. The number of carbonyl (C=O) groups excluding carboxylic acids is 1. The Labute approximate surface area is 209 Å². The van der Waals surface area contributed by atoms with Crippen molar-refractivity contribution in [1.82, 2.24) is 14.8 Å². The van der Waals surface area contributed by atoms with Crippen molar-refractivity contribution in [1.29, 1.82) is 0 Å². The lowest BCUT2D eigenvalue weighted by Crippen LogP contribution is -2.46. The van der Waals surface area contributed by atoms with Crippen LogP contribution in [0.1, 0.15) is 33.3 Å². The number of rotatable bonds is 6. The molecule has 186 valence electrons. The van der Waals surface area contributed by atoms with Crippen molar-refractivity contribution in [3.8, 4) is 5.75 Å². The lowest BCUT2D eigenvalue weighted by molar-refractivity contribution is 0.0539. The standard InChI is InChI=1S/C28H30N4O4/c1-17(29)16-35-28(34)22-18(2)36-27-21-7-5-4-6-20(21)26(33)24(23(22)27)25(19-8-10-30-11-9-19)32-14-12-31(3)13-15-32/h4-11,25,33H,1,12-16,29H2,2-3H3. The fraction of sp³-hybridized carbons (Fsp3) is 0.286. The molecule has 5 rings (SSSR count). The number of furan rings is 1. The summed E-state index contributed by atoms with van der Waals surface area (Å²) in [6, 6.07) is 11.1. The number of phenols is 1. The minimum Gasteiger partial charge on any atom is -0.507 e. The number of hydrogen-bond acceptors (Lipinski definition) is 8. The van der Waals surface area contributed by atoms with E-state index in [0.717, 1.165) is 37.1 Å². The zero-order valence-electron chi connectivity index (χ0n) is 20.5. The van der Waals surface area contributed by atoms with Crippen LogP contribution in [-0.4, -0.2) is 65.7 Å². The number of ether oxygens (including phenoxy) is 1. The largest absolute Gasteiger partial charge is 0.507 e. The topological polar surface area (TPSA) is 105 Å². The Morgan fingerprint density at radius 1 is 1.17 bits per heavy atom. The predicted octanol–water partition coefficient (Wildman–Crippen LogP) is 3.96. The first-order valence-corrected chi connectivity index (χ1v) is 12.0. The van der Waals surface area contributed by atoms with Crippen LogP contribution in [0.5, 0.6) is 5.75 Å². The van der Waals surface area contributed by atoms with Gasteiger partial charge in [0, 0.05) is 66.0 Å². The fourth-order valence-electron chi connectivity index (χ4n) is 5.07. The van der Waals surface area contributed by atoms with Crippen LogP contribution >= 0.6 is 0 Å². The Bertz CT molecular complexity index is 1440. The molecule has 1 atom stereocenters. The Morgan fingerprint density at radius 2 is 1.83 bits per heavy atom. The second-order valence-corrected chi connectivity index (χ2v) is 9.30. The summed E-state index contributed by atoms with van der Waals surface area (Å²) in [4.78, 5) is 22.1. The van der Waals surface area contributed by atoms with Crippen LogP contribution in [-0.2, 0) is 4.74 Å². The summed E-state index contributed by atoms with van der Waals surface area (Å²) >= 11 is 0. The fourth-order valence-corrected chi connectivity index (χ4v) is 5.07. The third kappa shape index (κ3) is 4.19. The van der Waals surface area contributed by atoms with E-state index in [-0.39, 0.29) is 29.7 Å². The molecular weight excluding hydrogens is 456 g/mol. The monoisotopic (exact) mass is 486 g/mol. The minimum atomic E-state index is -0.569. The molecule has 2 aromatic heterocycles. The molecule has 0 bridgehead atoms. The first-order chi connectivity index (χ1) is 17.4. The molecule has 1 aliphatic heterocycles. The van der Waals surface area contributed by atoms with Crippen molar-refractivity contribution in [2.24, 2.45) is 5.73 Å². The van der Waals surface area contributed by atoms with Gasteiger partial charge in [0.25, 0.3) is 0 Å². The van der Waals surface area contributed by atoms with Gasteiger partial charge in [-0.1, -0.05) is 30.8 Å². The first-order valence-electron chi connectivity index (χ1n) is 12.0. The highest BCUT2D eigenvalue weighted by Crippen LogP contribution is 2.47. The second-order valence-electron chi connectivity index (χ2n) is 9.30. The number of aryl methyl sites for hydroxylation is 1. The summed E-state index contributed by atoms with van der Waals surface area (Å²) < 4.78 is 11.7. The SMILES string of the molecule is C=C(N)COC(=O)c1c(C)oc2c1c(C(c1ccncc1)N1CCN(C)CC1)c(O)c1ccccc12. The smallest absolute Gasteiger partial charge is 0.342 e. The third-order valence-electron chi connectivity index (χ3n) is 6.83. The number of carbonyl (C=O) groups is 1.